The molecule has 1 N–H and O–H groups in total. The third-order valence-electron chi connectivity index (χ3n) is 5.11. The summed E-state index contributed by atoms with van der Waals surface area (Å²) in [5, 5.41) is 3.39. The van der Waals surface area contributed by atoms with Crippen LogP contribution < -0.4 is 5.32 Å². The predicted octanol–water partition coefficient (Wildman–Crippen LogP) is 1.52. The van der Waals surface area contributed by atoms with Crippen LogP contribution in [-0.2, 0) is 0 Å². The van der Waals surface area contributed by atoms with Gasteiger partial charge in [0.2, 0.25) is 0 Å². The van der Waals surface area contributed by atoms with Crippen LogP contribution in [0.4, 0.5) is 4.79 Å². The fourth-order valence-electron chi connectivity index (χ4n) is 3.61. The molecule has 1 saturated carbocycles. The maximum absolute atomic E-state index is 12.3. The molecule has 0 aromatic heterocycles. The van der Waals surface area contributed by atoms with E-state index in [2.05, 4.69) is 10.2 Å². The van der Waals surface area contributed by atoms with Gasteiger partial charge in [-0.25, -0.2) is 4.79 Å². The van der Waals surface area contributed by atoms with E-state index in [1.165, 1.54) is 32.1 Å². The Morgan fingerprint density at radius 3 is 2.56 bits per heavy atom. The fraction of sp³-hybridized carbons (Fsp3) is 0.929. The number of piperidine rings is 1. The summed E-state index contributed by atoms with van der Waals surface area (Å²) in [7, 11) is 1.99. The van der Waals surface area contributed by atoms with E-state index in [-0.39, 0.29) is 6.03 Å². The summed E-state index contributed by atoms with van der Waals surface area (Å²) in [6.45, 7) is 4.20. The lowest BCUT2D eigenvalue weighted by Crippen LogP contribution is -2.39. The van der Waals surface area contributed by atoms with Gasteiger partial charge in [0.15, 0.2) is 0 Å². The molecule has 0 bridgehead atoms. The van der Waals surface area contributed by atoms with Gasteiger partial charge in [-0.15, -0.1) is 0 Å². The van der Waals surface area contributed by atoms with E-state index < -0.39 is 0 Å². The molecule has 0 aromatic rings. The highest BCUT2D eigenvalue weighted by Gasteiger charge is 2.41. The zero-order valence-corrected chi connectivity index (χ0v) is 11.4. The molecule has 2 saturated heterocycles. The van der Waals surface area contributed by atoms with Crippen LogP contribution in [0.1, 0.15) is 32.1 Å². The second-order valence-electron chi connectivity index (χ2n) is 6.25. The molecular formula is C14H25N3O. The van der Waals surface area contributed by atoms with Crippen molar-refractivity contribution in [2.24, 2.45) is 11.8 Å². The highest BCUT2D eigenvalue weighted by atomic mass is 16.2. The van der Waals surface area contributed by atoms with Crippen molar-refractivity contribution in [3.8, 4) is 0 Å². The van der Waals surface area contributed by atoms with Crippen LogP contribution in [0.2, 0.25) is 0 Å². The first-order valence-corrected chi connectivity index (χ1v) is 7.48. The number of hydrogen-bond acceptors (Lipinski definition) is 2. The Bertz CT molecular complexity index is 308. The summed E-state index contributed by atoms with van der Waals surface area (Å²) in [4.78, 5) is 16.4. The molecule has 0 spiro atoms. The molecule has 4 nitrogen and oxygen atoms in total. The van der Waals surface area contributed by atoms with E-state index in [0.717, 1.165) is 32.1 Å². The Morgan fingerprint density at radius 2 is 1.94 bits per heavy atom. The van der Waals surface area contributed by atoms with Crippen LogP contribution >= 0.6 is 0 Å². The van der Waals surface area contributed by atoms with E-state index in [1.807, 2.05) is 11.9 Å². The van der Waals surface area contributed by atoms with E-state index in [9.17, 15) is 4.79 Å². The number of nitrogens with one attached hydrogen (secondary N) is 1. The first-order chi connectivity index (χ1) is 8.75. The van der Waals surface area contributed by atoms with E-state index >= 15 is 0 Å². The van der Waals surface area contributed by atoms with Crippen molar-refractivity contribution in [1.82, 2.24) is 15.1 Å². The number of rotatable bonds is 3. The summed E-state index contributed by atoms with van der Waals surface area (Å²) in [5.74, 6) is 1.49. The van der Waals surface area contributed by atoms with Gasteiger partial charge in [0.05, 0.1) is 6.04 Å². The lowest BCUT2D eigenvalue weighted by molar-refractivity contribution is 0.163. The zero-order chi connectivity index (χ0) is 12.5. The van der Waals surface area contributed by atoms with Crippen molar-refractivity contribution in [2.75, 3.05) is 33.2 Å². The summed E-state index contributed by atoms with van der Waals surface area (Å²) < 4.78 is 0. The largest absolute Gasteiger partial charge is 0.323 e. The average molecular weight is 251 g/mol. The zero-order valence-electron chi connectivity index (χ0n) is 11.4. The summed E-state index contributed by atoms with van der Waals surface area (Å²) in [5.41, 5.74) is 0. The Morgan fingerprint density at radius 1 is 1.22 bits per heavy atom. The molecule has 3 fully saturated rings. The predicted molar refractivity (Wildman–Crippen MR) is 71.5 cm³/mol. The number of amides is 2. The second kappa shape index (κ2) is 5.08. The SMILES string of the molecule is CN1C(=O)N(CC2CCNCC2)CC1C1CCC1. The van der Waals surface area contributed by atoms with Crippen molar-refractivity contribution in [1.29, 1.82) is 0 Å². The van der Waals surface area contributed by atoms with Crippen LogP contribution in [0, 0.1) is 11.8 Å². The highest BCUT2D eigenvalue weighted by Crippen LogP contribution is 2.35. The van der Waals surface area contributed by atoms with Crippen LogP contribution in [-0.4, -0.2) is 55.1 Å². The monoisotopic (exact) mass is 251 g/mol. The van der Waals surface area contributed by atoms with Gasteiger partial charge in [-0.3, -0.25) is 0 Å². The fourth-order valence-corrected chi connectivity index (χ4v) is 3.61. The smallest absolute Gasteiger partial charge is 0.320 e. The summed E-state index contributed by atoms with van der Waals surface area (Å²) in [6.07, 6.45) is 6.45. The number of carbonyl (C=O) groups is 1. The van der Waals surface area contributed by atoms with Crippen LogP contribution in [0.15, 0.2) is 0 Å². The number of carbonyl (C=O) groups excluding carboxylic acids is 1. The molecule has 18 heavy (non-hydrogen) atoms. The first-order valence-electron chi connectivity index (χ1n) is 7.48. The van der Waals surface area contributed by atoms with Gasteiger partial charge in [0.25, 0.3) is 0 Å². The Balaban J connectivity index is 1.57. The topological polar surface area (TPSA) is 35.6 Å². The maximum Gasteiger partial charge on any atom is 0.320 e. The van der Waals surface area contributed by atoms with Gasteiger partial charge in [0, 0.05) is 20.1 Å². The molecule has 102 valence electrons. The van der Waals surface area contributed by atoms with Crippen molar-refractivity contribution < 1.29 is 4.79 Å². The van der Waals surface area contributed by atoms with Crippen molar-refractivity contribution >= 4 is 6.03 Å². The van der Waals surface area contributed by atoms with Gasteiger partial charge >= 0.3 is 6.03 Å². The number of likely N-dealkylation sites (N-methyl/N-ethyl adjacent to an activating group) is 1. The van der Waals surface area contributed by atoms with E-state index in [1.54, 1.807) is 0 Å². The molecule has 0 radical (unpaired) electrons. The van der Waals surface area contributed by atoms with Gasteiger partial charge < -0.3 is 15.1 Å². The van der Waals surface area contributed by atoms with Crippen LogP contribution in [0.3, 0.4) is 0 Å². The molecule has 0 aromatic carbocycles. The lowest BCUT2D eigenvalue weighted by Gasteiger charge is -2.34. The molecule has 1 unspecified atom stereocenters. The van der Waals surface area contributed by atoms with Gasteiger partial charge in [-0.2, -0.15) is 0 Å². The molecule has 1 aliphatic carbocycles. The first kappa shape index (κ1) is 12.3. The molecule has 3 aliphatic rings. The number of urea groups is 1. The molecule has 4 heteroatoms. The Hall–Kier alpha value is -0.770. The molecule has 2 aliphatic heterocycles. The quantitative estimate of drug-likeness (QED) is 0.825. The van der Waals surface area contributed by atoms with E-state index in [0.29, 0.717) is 12.0 Å². The highest BCUT2D eigenvalue weighted by molar-refractivity contribution is 5.77. The Labute approximate surface area is 110 Å². The third kappa shape index (κ3) is 2.22. The standard InChI is InChI=1S/C14H25N3O/c1-16-13(12-3-2-4-12)10-17(14(16)18)9-11-5-7-15-8-6-11/h11-13,15H,2-10H2,1H3. The summed E-state index contributed by atoms with van der Waals surface area (Å²) in [6, 6.07) is 0.762. The maximum atomic E-state index is 12.3. The number of nitrogens with zero attached hydrogens (tertiary/aromatic N) is 2. The average Bonchev–Trinajstić information content (AvgIpc) is 2.58. The lowest BCUT2D eigenvalue weighted by atomic mass is 9.79. The Kier molecular flexibility index (Phi) is 3.46. The second-order valence-corrected chi connectivity index (χ2v) is 6.25. The molecule has 3 rings (SSSR count). The minimum Gasteiger partial charge on any atom is -0.323 e. The van der Waals surface area contributed by atoms with Gasteiger partial charge in [-0.05, 0) is 50.6 Å². The van der Waals surface area contributed by atoms with Crippen molar-refractivity contribution in [2.45, 2.75) is 38.1 Å². The van der Waals surface area contributed by atoms with Crippen molar-refractivity contribution in [3.63, 3.8) is 0 Å². The minimum absolute atomic E-state index is 0.269. The summed E-state index contributed by atoms with van der Waals surface area (Å²) >= 11 is 0. The number of hydrogen-bond donors (Lipinski definition) is 1. The van der Waals surface area contributed by atoms with Crippen LogP contribution in [0.25, 0.3) is 0 Å². The minimum atomic E-state index is 0.269. The third-order valence-corrected chi connectivity index (χ3v) is 5.11. The molecule has 2 heterocycles. The van der Waals surface area contributed by atoms with Crippen molar-refractivity contribution in [3.05, 3.63) is 0 Å². The molecule has 2 amide bonds. The van der Waals surface area contributed by atoms with Crippen LogP contribution in [0.5, 0.6) is 0 Å². The van der Waals surface area contributed by atoms with Gasteiger partial charge in [-0.1, -0.05) is 6.42 Å². The molecule has 1 atom stereocenters. The normalized spacial score (nSPS) is 30.9. The molecular weight excluding hydrogens is 226 g/mol. The van der Waals surface area contributed by atoms with E-state index in [4.69, 9.17) is 0 Å². The van der Waals surface area contributed by atoms with Gasteiger partial charge in [0.1, 0.15) is 0 Å².